The summed E-state index contributed by atoms with van der Waals surface area (Å²) in [6, 6.07) is 18.6. The van der Waals surface area contributed by atoms with Crippen LogP contribution in [0.1, 0.15) is 100 Å². The standard InChI is InChI=1S/C54H76N10O8/c1-33(55-9)45(65)59-43(53(3,4)5)51(71)63-31-39(27-41(63)49(69)61(11)29-35-20-15-13-16-21-35)57-47(67)37-24-19-25-38(26-37)48(68)58-40-28-42(50(70)62(12)30-36-22-17-14-18-23-36)64(32-40)52(72)44(54(6,7)8)60-46(66)34(2)56-10/h13-26,33-34,39-44,55-56H,27-32H2,1-12H3,(H,57,67)(H,58,68)(H,59,65)(H,60,66)/t33-,34-,39-,40-,41-,42-,43+,44+/m0/s1. The molecule has 0 aliphatic carbocycles. The van der Waals surface area contributed by atoms with Crippen LogP contribution in [0.25, 0.3) is 0 Å². The van der Waals surface area contributed by atoms with E-state index >= 15 is 0 Å². The normalized spacial score (nSPS) is 19.6. The monoisotopic (exact) mass is 993 g/mol. The molecule has 0 spiro atoms. The molecule has 3 aromatic carbocycles. The summed E-state index contributed by atoms with van der Waals surface area (Å²) < 4.78 is 0. The third kappa shape index (κ3) is 14.3. The molecule has 18 heteroatoms. The van der Waals surface area contributed by atoms with Gasteiger partial charge < -0.3 is 51.5 Å². The minimum absolute atomic E-state index is 0.0179. The molecule has 0 bridgehead atoms. The Bertz CT molecular complexity index is 2260. The molecule has 72 heavy (non-hydrogen) atoms. The molecule has 8 amide bonds. The van der Waals surface area contributed by atoms with E-state index in [1.807, 2.05) is 102 Å². The van der Waals surface area contributed by atoms with Crippen molar-refractivity contribution in [3.63, 3.8) is 0 Å². The fourth-order valence-corrected chi connectivity index (χ4v) is 8.98. The molecule has 0 saturated carbocycles. The van der Waals surface area contributed by atoms with Crippen molar-refractivity contribution >= 4 is 47.3 Å². The average molecular weight is 993 g/mol. The Balaban J connectivity index is 1.36. The number of likely N-dealkylation sites (N-methyl/N-ethyl adjacent to an activating group) is 4. The van der Waals surface area contributed by atoms with E-state index in [0.717, 1.165) is 11.1 Å². The first kappa shape index (κ1) is 56.3. The maximum atomic E-state index is 14.6. The van der Waals surface area contributed by atoms with Gasteiger partial charge in [0.25, 0.3) is 11.8 Å². The summed E-state index contributed by atoms with van der Waals surface area (Å²) in [6.45, 7) is 14.9. The van der Waals surface area contributed by atoms with E-state index in [2.05, 4.69) is 31.9 Å². The number of amides is 8. The van der Waals surface area contributed by atoms with Crippen LogP contribution in [0, 0.1) is 10.8 Å². The van der Waals surface area contributed by atoms with Crippen molar-refractivity contribution < 1.29 is 38.4 Å². The third-order valence-corrected chi connectivity index (χ3v) is 13.5. The van der Waals surface area contributed by atoms with Crippen LogP contribution in [0.5, 0.6) is 0 Å². The van der Waals surface area contributed by atoms with E-state index in [4.69, 9.17) is 0 Å². The summed E-state index contributed by atoms with van der Waals surface area (Å²) in [4.78, 5) is 118. The lowest BCUT2D eigenvalue weighted by atomic mass is 9.85. The van der Waals surface area contributed by atoms with Gasteiger partial charge in [-0.3, -0.25) is 38.4 Å². The van der Waals surface area contributed by atoms with Crippen molar-refractivity contribution in [3.05, 3.63) is 107 Å². The molecule has 2 saturated heterocycles. The van der Waals surface area contributed by atoms with Gasteiger partial charge in [0.1, 0.15) is 24.2 Å². The summed E-state index contributed by atoms with van der Waals surface area (Å²) in [5.74, 6) is -3.40. The fourth-order valence-electron chi connectivity index (χ4n) is 8.98. The summed E-state index contributed by atoms with van der Waals surface area (Å²) in [6.07, 6.45) is 0.192. The van der Waals surface area contributed by atoms with Gasteiger partial charge in [0.05, 0.1) is 12.1 Å². The second-order valence-electron chi connectivity index (χ2n) is 21.4. The molecule has 2 heterocycles. The van der Waals surface area contributed by atoms with Crippen molar-refractivity contribution in [1.29, 1.82) is 0 Å². The highest BCUT2D eigenvalue weighted by molar-refractivity contribution is 6.01. The van der Waals surface area contributed by atoms with Gasteiger partial charge in [0.2, 0.25) is 35.4 Å². The van der Waals surface area contributed by atoms with Crippen molar-refractivity contribution in [2.45, 2.75) is 130 Å². The molecule has 2 fully saturated rings. The van der Waals surface area contributed by atoms with E-state index in [1.54, 1.807) is 70.0 Å². The summed E-state index contributed by atoms with van der Waals surface area (Å²) in [5.41, 5.74) is 0.598. The number of likely N-dealkylation sites (tertiary alicyclic amines) is 2. The van der Waals surface area contributed by atoms with E-state index in [-0.39, 0.29) is 73.8 Å². The molecule has 0 aromatic heterocycles. The van der Waals surface area contributed by atoms with Crippen LogP contribution in [0.2, 0.25) is 0 Å². The Morgan fingerprint density at radius 3 is 1.22 bits per heavy atom. The summed E-state index contributed by atoms with van der Waals surface area (Å²) >= 11 is 0. The predicted molar refractivity (Wildman–Crippen MR) is 275 cm³/mol. The Morgan fingerprint density at radius 1 is 0.556 bits per heavy atom. The van der Waals surface area contributed by atoms with E-state index in [1.165, 1.54) is 15.9 Å². The topological polar surface area (TPSA) is 222 Å². The summed E-state index contributed by atoms with van der Waals surface area (Å²) in [7, 11) is 6.61. The number of hydrogen-bond donors (Lipinski definition) is 6. The molecule has 0 radical (unpaired) electrons. The first-order valence-electron chi connectivity index (χ1n) is 24.7. The van der Waals surface area contributed by atoms with Gasteiger partial charge in [-0.25, -0.2) is 0 Å². The summed E-state index contributed by atoms with van der Waals surface area (Å²) in [5, 5.41) is 17.6. The maximum Gasteiger partial charge on any atom is 0.251 e. The fraction of sp³-hybridized carbons (Fsp3) is 0.519. The number of rotatable bonds is 18. The van der Waals surface area contributed by atoms with E-state index < -0.39 is 82.8 Å². The molecule has 5 rings (SSSR count). The Hall–Kier alpha value is -6.66. The number of carbonyl (C=O) groups excluding carboxylic acids is 8. The first-order valence-corrected chi connectivity index (χ1v) is 24.7. The lowest BCUT2D eigenvalue weighted by Crippen LogP contribution is -2.59. The Morgan fingerprint density at radius 2 is 0.903 bits per heavy atom. The lowest BCUT2D eigenvalue weighted by molar-refractivity contribution is -0.147. The molecule has 6 N–H and O–H groups in total. The highest BCUT2D eigenvalue weighted by Crippen LogP contribution is 2.30. The van der Waals surface area contributed by atoms with E-state index in [9.17, 15) is 38.4 Å². The van der Waals surface area contributed by atoms with Crippen LogP contribution in [0.4, 0.5) is 0 Å². The molecular formula is C54H76N10O8. The van der Waals surface area contributed by atoms with Crippen LogP contribution in [-0.2, 0) is 41.9 Å². The third-order valence-electron chi connectivity index (χ3n) is 13.5. The second kappa shape index (κ2) is 24.2. The lowest BCUT2D eigenvalue weighted by Gasteiger charge is -2.36. The van der Waals surface area contributed by atoms with Gasteiger partial charge >= 0.3 is 0 Å². The SMILES string of the molecule is CN[C@@H](C)C(=O)N[C@H](C(=O)N1C[C@@H](NC(=O)c2cccc(C(=O)N[C@H]3C[C@@H](C(=O)N(C)Cc4ccccc4)N(C(=O)[C@@H](NC(=O)[C@H](C)NC)C(C)(C)C)C3)c2)C[C@H]1C(=O)N(C)Cc1ccccc1)C(C)(C)C. The van der Waals surface area contributed by atoms with Crippen molar-refractivity contribution in [2.24, 2.45) is 10.8 Å². The van der Waals surface area contributed by atoms with Crippen LogP contribution < -0.4 is 31.9 Å². The van der Waals surface area contributed by atoms with Gasteiger partial charge in [0.15, 0.2) is 0 Å². The van der Waals surface area contributed by atoms with Crippen LogP contribution in [-0.4, -0.2) is 156 Å². The van der Waals surface area contributed by atoms with Crippen LogP contribution in [0.3, 0.4) is 0 Å². The van der Waals surface area contributed by atoms with Gasteiger partial charge in [0, 0.05) is 63.5 Å². The molecule has 390 valence electrons. The highest BCUT2D eigenvalue weighted by Gasteiger charge is 2.48. The van der Waals surface area contributed by atoms with Gasteiger partial charge in [-0.2, -0.15) is 0 Å². The first-order chi connectivity index (χ1) is 33.8. The Kier molecular flexibility index (Phi) is 18.9. The average Bonchev–Trinajstić information content (AvgIpc) is 3.97. The zero-order valence-corrected chi connectivity index (χ0v) is 44.0. The van der Waals surface area contributed by atoms with Crippen LogP contribution in [0.15, 0.2) is 84.9 Å². The highest BCUT2D eigenvalue weighted by atomic mass is 16.2. The largest absolute Gasteiger partial charge is 0.347 e. The number of nitrogens with zero attached hydrogens (tertiary/aromatic N) is 4. The van der Waals surface area contributed by atoms with Gasteiger partial charge in [-0.15, -0.1) is 0 Å². The molecule has 18 nitrogen and oxygen atoms in total. The van der Waals surface area contributed by atoms with Gasteiger partial charge in [-0.1, -0.05) is 108 Å². The van der Waals surface area contributed by atoms with Crippen molar-refractivity contribution in [1.82, 2.24) is 51.5 Å². The van der Waals surface area contributed by atoms with E-state index in [0.29, 0.717) is 0 Å². The number of nitrogens with one attached hydrogen (secondary N) is 6. The molecular weight excluding hydrogens is 917 g/mol. The number of carbonyl (C=O) groups is 8. The van der Waals surface area contributed by atoms with Gasteiger partial charge in [-0.05, 0) is 80.9 Å². The number of benzene rings is 3. The zero-order chi connectivity index (χ0) is 53.2. The smallest absolute Gasteiger partial charge is 0.251 e. The Labute approximate surface area is 424 Å². The number of hydrogen-bond acceptors (Lipinski definition) is 10. The van der Waals surface area contributed by atoms with Crippen molar-refractivity contribution in [2.75, 3.05) is 41.3 Å². The second-order valence-corrected chi connectivity index (χ2v) is 21.4. The minimum Gasteiger partial charge on any atom is -0.347 e. The van der Waals surface area contributed by atoms with Crippen molar-refractivity contribution in [3.8, 4) is 0 Å². The molecule has 2 aliphatic rings. The molecule has 3 aromatic rings. The molecule has 0 unspecified atom stereocenters. The zero-order valence-electron chi connectivity index (χ0n) is 44.0. The molecule has 2 aliphatic heterocycles. The predicted octanol–water partition coefficient (Wildman–Crippen LogP) is 2.68. The quantitative estimate of drug-likeness (QED) is 0.109. The molecule has 8 atom stereocenters. The van der Waals surface area contributed by atoms with Crippen LogP contribution >= 0.6 is 0 Å². The maximum absolute atomic E-state index is 14.6. The minimum atomic E-state index is -0.998.